The van der Waals surface area contributed by atoms with Crippen LogP contribution in [-0.4, -0.2) is 82.3 Å². The Morgan fingerprint density at radius 3 is 1.70 bits per heavy atom. The van der Waals surface area contributed by atoms with Crippen molar-refractivity contribution in [2.24, 2.45) is 0 Å². The van der Waals surface area contributed by atoms with Crippen LogP contribution in [0.3, 0.4) is 0 Å². The van der Waals surface area contributed by atoms with Crippen LogP contribution < -0.4 is 4.90 Å². The second-order valence-corrected chi connectivity index (χ2v) is 26.1. The Bertz CT molecular complexity index is 3620. The van der Waals surface area contributed by atoms with Gasteiger partial charge in [-0.3, -0.25) is 9.59 Å². The van der Waals surface area contributed by atoms with Gasteiger partial charge in [-0.1, -0.05) is 68.3 Å². The monoisotopic (exact) mass is 1140 g/mol. The topological polar surface area (TPSA) is 195 Å². The van der Waals surface area contributed by atoms with Crippen LogP contribution in [0.2, 0.25) is 0 Å². The third kappa shape index (κ3) is 11.2. The summed E-state index contributed by atoms with van der Waals surface area (Å²) in [5, 5.41) is 0.565. The highest BCUT2D eigenvalue weighted by Gasteiger charge is 2.51. The van der Waals surface area contributed by atoms with Crippen molar-refractivity contribution in [1.29, 1.82) is 0 Å². The number of hydrogen-bond donors (Lipinski definition) is 0. The van der Waals surface area contributed by atoms with Gasteiger partial charge in [-0.2, -0.15) is 4.58 Å². The fourth-order valence-electron chi connectivity index (χ4n) is 13.9. The fourth-order valence-corrected chi connectivity index (χ4v) is 14.4. The molecule has 0 unspecified atom stereocenters. The molecule has 2 aliphatic carbocycles. The van der Waals surface area contributed by atoms with Crippen molar-refractivity contribution >= 4 is 68.1 Å². The summed E-state index contributed by atoms with van der Waals surface area (Å²) >= 11 is 0. The molecule has 0 N–H and O–H groups in total. The molecule has 0 bridgehead atoms. The Kier molecular flexibility index (Phi) is 16.8. The molecule has 4 aromatic rings. The van der Waals surface area contributed by atoms with E-state index in [1.165, 1.54) is 42.7 Å². The van der Waals surface area contributed by atoms with Crippen molar-refractivity contribution in [1.82, 2.24) is 5.06 Å². The van der Waals surface area contributed by atoms with Crippen LogP contribution in [0.15, 0.2) is 102 Å². The van der Waals surface area contributed by atoms with E-state index in [0.29, 0.717) is 68.7 Å². The summed E-state index contributed by atoms with van der Waals surface area (Å²) in [6.45, 7) is 20.6. The SMILES string of the molecule is CC[N+]1=C(/C=C/C=C/C=C2\N(CCCCCC(=O)ON3C(=O)CCC3=O)c3cc4c(cc3C2(C)C)-c2ccc(S(=O)(=O)[O-])cc2C4(CCC(C)=O)CCC(C)=O)C(C)(C)c2cc3c(cc21)C(CCC(C)=O)(CCC(C)=O)c1cc(C)ccc1-3. The van der Waals surface area contributed by atoms with Crippen molar-refractivity contribution in [3.63, 3.8) is 0 Å². The average Bonchev–Trinajstić information content (AvgIpc) is 1.68. The van der Waals surface area contributed by atoms with Gasteiger partial charge in [0.05, 0.1) is 10.3 Å². The van der Waals surface area contributed by atoms with E-state index in [1.807, 2.05) is 12.2 Å². The number of allylic oxidation sites excluding steroid dienone is 6. The van der Waals surface area contributed by atoms with E-state index in [2.05, 4.69) is 112 Å². The number of benzene rings is 4. The molecule has 83 heavy (non-hydrogen) atoms. The Labute approximate surface area is 488 Å². The molecule has 15 heteroatoms. The molecule has 0 atom stereocenters. The summed E-state index contributed by atoms with van der Waals surface area (Å²) in [4.78, 5) is 95.1. The number of fused-ring (bicyclic) bond motifs is 8. The first kappa shape index (κ1) is 60.4. The number of amides is 2. The van der Waals surface area contributed by atoms with Crippen LogP contribution in [0.5, 0.6) is 0 Å². The van der Waals surface area contributed by atoms with E-state index >= 15 is 0 Å². The summed E-state index contributed by atoms with van der Waals surface area (Å²) < 4.78 is 40.1. The number of rotatable bonds is 24. The number of hydroxylamine groups is 2. The Balaban J connectivity index is 1.08. The largest absolute Gasteiger partial charge is 0.744 e. The number of ketones is 4. The van der Waals surface area contributed by atoms with Gasteiger partial charge in [0, 0.05) is 96.8 Å². The first-order valence-corrected chi connectivity index (χ1v) is 30.7. The molecule has 14 nitrogen and oxygen atoms in total. The molecule has 0 radical (unpaired) electrons. The molecule has 0 spiro atoms. The molecule has 2 amide bonds. The van der Waals surface area contributed by atoms with Crippen molar-refractivity contribution < 1.29 is 55.9 Å². The van der Waals surface area contributed by atoms with Gasteiger partial charge >= 0.3 is 5.97 Å². The van der Waals surface area contributed by atoms with Gasteiger partial charge in [0.15, 0.2) is 5.71 Å². The summed E-state index contributed by atoms with van der Waals surface area (Å²) in [6, 6.07) is 20.0. The maximum absolute atomic E-state index is 12.8. The maximum atomic E-state index is 12.8. The van der Waals surface area contributed by atoms with Gasteiger partial charge in [0.1, 0.15) is 39.8 Å². The molecular weight excluding hydrogens is 1070 g/mol. The van der Waals surface area contributed by atoms with E-state index in [-0.39, 0.29) is 73.0 Å². The number of anilines is 1. The van der Waals surface area contributed by atoms with E-state index in [9.17, 15) is 46.5 Å². The smallest absolute Gasteiger partial charge is 0.333 e. The molecule has 0 aromatic heterocycles. The zero-order chi connectivity index (χ0) is 60.1. The van der Waals surface area contributed by atoms with Gasteiger partial charge in [-0.15, -0.1) is 5.06 Å². The minimum atomic E-state index is -4.86. The van der Waals surface area contributed by atoms with Crippen LogP contribution in [0, 0.1) is 6.92 Å². The summed E-state index contributed by atoms with van der Waals surface area (Å²) in [6.07, 6.45) is 15.1. The van der Waals surface area contributed by atoms with E-state index < -0.39 is 49.6 Å². The van der Waals surface area contributed by atoms with Crippen molar-refractivity contribution in [3.05, 3.63) is 136 Å². The minimum Gasteiger partial charge on any atom is -0.744 e. The number of nitrogens with zero attached hydrogens (tertiary/aromatic N) is 3. The highest BCUT2D eigenvalue weighted by Crippen LogP contribution is 2.60. The minimum absolute atomic E-state index is 0.00665. The van der Waals surface area contributed by atoms with Crippen LogP contribution in [0.4, 0.5) is 11.4 Å². The number of unbranched alkanes of at least 4 members (excludes halogenated alkanes) is 2. The Hall–Kier alpha value is -7.23. The fraction of sp³-hybridized carbons (Fsp3) is 0.441. The van der Waals surface area contributed by atoms with Crippen molar-refractivity contribution in [2.45, 2.75) is 186 Å². The van der Waals surface area contributed by atoms with Gasteiger partial charge in [0.25, 0.3) is 11.8 Å². The third-order valence-electron chi connectivity index (χ3n) is 18.3. The van der Waals surface area contributed by atoms with E-state index in [4.69, 9.17) is 4.84 Å². The van der Waals surface area contributed by atoms with Gasteiger partial charge < -0.3 is 33.5 Å². The number of carbonyl (C=O) groups excluding carboxylic acids is 7. The van der Waals surface area contributed by atoms with Crippen LogP contribution in [0.25, 0.3) is 22.3 Å². The standard InChI is InChI=1S/C68H77N3O11S/c1-11-69-58-40-54-50(48-23-21-42(2)36-52(48)67(54,31-27-43(3)72)32-28-44(4)73)38-56(58)65(7,8)60(69)18-14-12-15-19-61-66(9,10)57-39-51-49-24-22-47(83(79,80)81)37-53(49)68(33-29-45(5)74,34-30-46(6)75)55(51)41-59(57)70(61)35-17-13-16-20-64(78)82-71-62(76)25-26-63(71)77/h12,14-15,18-19,21-24,36-41H,11,13,16-17,20,25-35H2,1-10H3. The molecule has 1 fully saturated rings. The van der Waals surface area contributed by atoms with Gasteiger partial charge in [0.2, 0.25) is 5.69 Å². The lowest BCUT2D eigenvalue weighted by molar-refractivity contribution is -0.433. The number of carbonyl (C=O) groups is 7. The number of hydrogen-bond acceptors (Lipinski definition) is 12. The molecule has 9 rings (SSSR count). The van der Waals surface area contributed by atoms with Crippen LogP contribution in [-0.2, 0) is 70.2 Å². The van der Waals surface area contributed by atoms with E-state index in [0.717, 1.165) is 61.7 Å². The second-order valence-electron chi connectivity index (χ2n) is 24.7. The van der Waals surface area contributed by atoms with E-state index in [1.54, 1.807) is 19.9 Å². The third-order valence-corrected chi connectivity index (χ3v) is 19.1. The lowest BCUT2D eigenvalue weighted by Gasteiger charge is -2.33. The quantitative estimate of drug-likeness (QED) is 0.0212. The molecule has 4 aromatic carbocycles. The predicted molar refractivity (Wildman–Crippen MR) is 319 cm³/mol. The molecule has 5 aliphatic rings. The Morgan fingerprint density at radius 2 is 1.14 bits per heavy atom. The average molecular weight is 1140 g/mol. The molecule has 3 heterocycles. The molecular formula is C68H77N3O11S. The number of aryl methyl sites for hydroxylation is 1. The highest BCUT2D eigenvalue weighted by molar-refractivity contribution is 7.85. The summed E-state index contributed by atoms with van der Waals surface area (Å²) in [5.74, 6) is -1.61. The van der Waals surface area contributed by atoms with Crippen LogP contribution in [0.1, 0.15) is 191 Å². The zero-order valence-electron chi connectivity index (χ0n) is 49.7. The first-order chi connectivity index (χ1) is 39.2. The maximum Gasteiger partial charge on any atom is 0.333 e. The van der Waals surface area contributed by atoms with Gasteiger partial charge in [-0.25, -0.2) is 13.2 Å². The molecule has 0 saturated carbocycles. The molecule has 3 aliphatic heterocycles. The second kappa shape index (κ2) is 23.1. The van der Waals surface area contributed by atoms with Crippen LogP contribution >= 0.6 is 0 Å². The highest BCUT2D eigenvalue weighted by atomic mass is 32.2. The number of Topliss-reactive ketones (excluding diaryl/α,β-unsaturated/α-hetero) is 4. The summed E-state index contributed by atoms with van der Waals surface area (Å²) in [5.41, 5.74) is 12.8. The number of imide groups is 1. The predicted octanol–water partition coefficient (Wildman–Crippen LogP) is 12.3. The summed E-state index contributed by atoms with van der Waals surface area (Å²) in [7, 11) is -4.86. The normalized spacial score (nSPS) is 18.0. The molecule has 436 valence electrons. The molecule has 1 saturated heterocycles. The lowest BCUT2D eigenvalue weighted by atomic mass is 9.70. The van der Waals surface area contributed by atoms with Crippen molar-refractivity contribution in [3.8, 4) is 22.3 Å². The zero-order valence-corrected chi connectivity index (χ0v) is 50.5. The first-order valence-electron chi connectivity index (χ1n) is 29.3. The van der Waals surface area contributed by atoms with Gasteiger partial charge in [-0.05, 0) is 180 Å². The Morgan fingerprint density at radius 1 is 0.614 bits per heavy atom. The van der Waals surface area contributed by atoms with Crippen molar-refractivity contribution in [2.75, 3.05) is 18.0 Å². The lowest BCUT2D eigenvalue weighted by Crippen LogP contribution is -2.32.